The summed E-state index contributed by atoms with van der Waals surface area (Å²) in [5, 5.41) is 2.50. The molecule has 0 saturated heterocycles. The van der Waals surface area contributed by atoms with Crippen LogP contribution in [0.3, 0.4) is 0 Å². The highest BCUT2D eigenvalue weighted by Gasteiger charge is 2.18. The summed E-state index contributed by atoms with van der Waals surface area (Å²) in [4.78, 5) is 2.38. The molecular weight excluding hydrogens is 677 g/mol. The van der Waals surface area contributed by atoms with Gasteiger partial charge in [0.25, 0.3) is 0 Å². The van der Waals surface area contributed by atoms with Crippen molar-refractivity contribution in [3.05, 3.63) is 231 Å². The highest BCUT2D eigenvalue weighted by atomic mass is 15.1. The van der Waals surface area contributed by atoms with Gasteiger partial charge in [-0.1, -0.05) is 170 Å². The molecule has 10 aromatic rings. The predicted octanol–water partition coefficient (Wildman–Crippen LogP) is 14.9. The molecule has 0 bridgehead atoms. The fraction of sp³-hybridized carbons (Fsp3) is 0. The Bertz CT molecular complexity index is 2930. The first kappa shape index (κ1) is 33.2. The Hall–Kier alpha value is -7.42. The molecule has 2 heteroatoms. The molecule has 1 aromatic heterocycles. The van der Waals surface area contributed by atoms with E-state index in [1.807, 2.05) is 0 Å². The van der Waals surface area contributed by atoms with E-state index in [1.54, 1.807) is 0 Å². The number of para-hydroxylation sites is 2. The van der Waals surface area contributed by atoms with Gasteiger partial charge in [-0.2, -0.15) is 0 Å². The zero-order chi connectivity index (χ0) is 37.3. The smallest absolute Gasteiger partial charge is 0.0547 e. The lowest BCUT2D eigenvalue weighted by Crippen LogP contribution is -2.10. The summed E-state index contributed by atoms with van der Waals surface area (Å²) < 4.78 is 2.39. The van der Waals surface area contributed by atoms with E-state index in [2.05, 4.69) is 240 Å². The van der Waals surface area contributed by atoms with E-state index in [-0.39, 0.29) is 0 Å². The fourth-order valence-corrected chi connectivity index (χ4v) is 8.12. The lowest BCUT2D eigenvalue weighted by Gasteiger charge is -2.27. The molecular formula is C54H38N2. The summed E-state index contributed by atoms with van der Waals surface area (Å²) in [6, 6.07) is 83.0. The summed E-state index contributed by atoms with van der Waals surface area (Å²) in [7, 11) is 0. The standard InChI is InChI=1S/C54H38N2/c1-4-15-39(16-5-1)41-29-31-42(32-30-41)43-33-35-47(36-34-43)55(48-23-12-19-44(37-48)40-17-6-2-7-18-40)49-24-13-20-45(38-49)50-26-14-28-53-54(50)51-25-10-11-27-52(51)56(53)46-21-8-3-9-22-46/h1-38H. The first-order valence-electron chi connectivity index (χ1n) is 19.2. The van der Waals surface area contributed by atoms with Crippen LogP contribution in [0, 0.1) is 0 Å². The number of hydrogen-bond donors (Lipinski definition) is 0. The summed E-state index contributed by atoms with van der Waals surface area (Å²) in [6.45, 7) is 0. The Balaban J connectivity index is 1.09. The quantitative estimate of drug-likeness (QED) is 0.152. The van der Waals surface area contributed by atoms with Crippen molar-refractivity contribution in [2.24, 2.45) is 0 Å². The molecule has 0 fully saturated rings. The van der Waals surface area contributed by atoms with Gasteiger partial charge >= 0.3 is 0 Å². The zero-order valence-electron chi connectivity index (χ0n) is 30.8. The molecule has 0 radical (unpaired) electrons. The van der Waals surface area contributed by atoms with Crippen LogP contribution in [0.4, 0.5) is 17.1 Å². The normalized spacial score (nSPS) is 11.2. The highest BCUT2D eigenvalue weighted by molar-refractivity contribution is 6.16. The van der Waals surface area contributed by atoms with Crippen LogP contribution in [0.2, 0.25) is 0 Å². The van der Waals surface area contributed by atoms with Crippen molar-refractivity contribution in [2.45, 2.75) is 0 Å². The molecule has 56 heavy (non-hydrogen) atoms. The molecule has 0 N–H and O–H groups in total. The molecule has 0 unspecified atom stereocenters. The van der Waals surface area contributed by atoms with Gasteiger partial charge in [-0.05, 0) is 105 Å². The van der Waals surface area contributed by atoms with Crippen LogP contribution < -0.4 is 4.90 Å². The molecule has 9 aromatic carbocycles. The molecule has 0 atom stereocenters. The maximum atomic E-state index is 2.39. The number of rotatable bonds is 8. The summed E-state index contributed by atoms with van der Waals surface area (Å²) in [5.41, 5.74) is 16.4. The molecule has 1 heterocycles. The maximum Gasteiger partial charge on any atom is 0.0547 e. The van der Waals surface area contributed by atoms with E-state index in [4.69, 9.17) is 0 Å². The summed E-state index contributed by atoms with van der Waals surface area (Å²) in [5.74, 6) is 0. The van der Waals surface area contributed by atoms with Crippen molar-refractivity contribution >= 4 is 38.9 Å². The van der Waals surface area contributed by atoms with Crippen molar-refractivity contribution in [1.82, 2.24) is 4.57 Å². The largest absolute Gasteiger partial charge is 0.310 e. The highest BCUT2D eigenvalue weighted by Crippen LogP contribution is 2.42. The molecule has 264 valence electrons. The van der Waals surface area contributed by atoms with Gasteiger partial charge in [0.15, 0.2) is 0 Å². The fourth-order valence-electron chi connectivity index (χ4n) is 8.12. The molecule has 10 rings (SSSR count). The van der Waals surface area contributed by atoms with Gasteiger partial charge in [-0.15, -0.1) is 0 Å². The third-order valence-electron chi connectivity index (χ3n) is 10.8. The minimum absolute atomic E-state index is 1.09. The Labute approximate surface area is 327 Å². The van der Waals surface area contributed by atoms with E-state index in [1.165, 1.54) is 66.3 Å². The Kier molecular flexibility index (Phi) is 8.55. The van der Waals surface area contributed by atoms with E-state index < -0.39 is 0 Å². The summed E-state index contributed by atoms with van der Waals surface area (Å²) >= 11 is 0. The number of fused-ring (bicyclic) bond motifs is 3. The average molecular weight is 715 g/mol. The molecule has 0 saturated carbocycles. The minimum Gasteiger partial charge on any atom is -0.310 e. The monoisotopic (exact) mass is 714 g/mol. The van der Waals surface area contributed by atoms with Gasteiger partial charge in [0.1, 0.15) is 0 Å². The van der Waals surface area contributed by atoms with Gasteiger partial charge in [-0.3, -0.25) is 0 Å². The van der Waals surface area contributed by atoms with Crippen LogP contribution in [0.15, 0.2) is 231 Å². The Morgan fingerprint density at radius 1 is 0.286 bits per heavy atom. The molecule has 0 aliphatic heterocycles. The van der Waals surface area contributed by atoms with Crippen molar-refractivity contribution in [1.29, 1.82) is 0 Å². The second-order valence-electron chi connectivity index (χ2n) is 14.2. The first-order valence-corrected chi connectivity index (χ1v) is 19.2. The Morgan fingerprint density at radius 3 is 1.38 bits per heavy atom. The van der Waals surface area contributed by atoms with E-state index in [0.717, 1.165) is 22.7 Å². The van der Waals surface area contributed by atoms with Crippen molar-refractivity contribution in [3.63, 3.8) is 0 Å². The van der Waals surface area contributed by atoms with E-state index in [9.17, 15) is 0 Å². The minimum atomic E-state index is 1.09. The Morgan fingerprint density at radius 2 is 0.732 bits per heavy atom. The predicted molar refractivity (Wildman–Crippen MR) is 237 cm³/mol. The SMILES string of the molecule is c1ccc(-c2ccc(-c3ccc(N(c4cccc(-c5ccccc5)c4)c4cccc(-c5cccc6c5c5ccccc5n6-c5ccccc5)c4)cc3)cc2)cc1. The van der Waals surface area contributed by atoms with E-state index in [0.29, 0.717) is 0 Å². The second kappa shape index (κ2) is 14.4. The van der Waals surface area contributed by atoms with Crippen LogP contribution in [-0.4, -0.2) is 4.57 Å². The van der Waals surface area contributed by atoms with Gasteiger partial charge < -0.3 is 9.47 Å². The average Bonchev–Trinajstić information content (AvgIpc) is 3.63. The third-order valence-corrected chi connectivity index (χ3v) is 10.8. The van der Waals surface area contributed by atoms with Crippen molar-refractivity contribution in [2.75, 3.05) is 4.90 Å². The zero-order valence-corrected chi connectivity index (χ0v) is 30.8. The van der Waals surface area contributed by atoms with Gasteiger partial charge in [0.2, 0.25) is 0 Å². The molecule has 0 aliphatic rings. The third kappa shape index (κ3) is 6.14. The van der Waals surface area contributed by atoms with Crippen molar-refractivity contribution in [3.8, 4) is 50.2 Å². The number of anilines is 3. The van der Waals surface area contributed by atoms with Gasteiger partial charge in [0.05, 0.1) is 11.0 Å². The lowest BCUT2D eigenvalue weighted by molar-refractivity contribution is 1.18. The van der Waals surface area contributed by atoms with Crippen LogP contribution in [-0.2, 0) is 0 Å². The first-order chi connectivity index (χ1) is 27.8. The van der Waals surface area contributed by atoms with Gasteiger partial charge in [-0.25, -0.2) is 0 Å². The van der Waals surface area contributed by atoms with Gasteiger partial charge in [0, 0.05) is 33.5 Å². The van der Waals surface area contributed by atoms with Crippen LogP contribution in [0.1, 0.15) is 0 Å². The molecule has 0 spiro atoms. The summed E-state index contributed by atoms with van der Waals surface area (Å²) in [6.07, 6.45) is 0. The van der Waals surface area contributed by atoms with Crippen LogP contribution >= 0.6 is 0 Å². The molecule has 2 nitrogen and oxygen atoms in total. The second-order valence-corrected chi connectivity index (χ2v) is 14.2. The lowest BCUT2D eigenvalue weighted by atomic mass is 9.98. The number of benzene rings is 9. The van der Waals surface area contributed by atoms with E-state index >= 15 is 0 Å². The maximum absolute atomic E-state index is 2.39. The molecule has 0 aliphatic carbocycles. The topological polar surface area (TPSA) is 8.17 Å². The number of aromatic nitrogens is 1. The van der Waals surface area contributed by atoms with Crippen LogP contribution in [0.5, 0.6) is 0 Å². The number of hydrogen-bond acceptors (Lipinski definition) is 1. The van der Waals surface area contributed by atoms with Crippen molar-refractivity contribution < 1.29 is 0 Å². The van der Waals surface area contributed by atoms with Crippen LogP contribution in [0.25, 0.3) is 72.0 Å². The number of nitrogens with zero attached hydrogens (tertiary/aromatic N) is 2. The molecule has 0 amide bonds.